The highest BCUT2D eigenvalue weighted by molar-refractivity contribution is 6.30. The van der Waals surface area contributed by atoms with Crippen LogP contribution in [0.4, 0.5) is 4.39 Å². The van der Waals surface area contributed by atoms with Crippen LogP contribution in [0.3, 0.4) is 0 Å². The van der Waals surface area contributed by atoms with Gasteiger partial charge in [-0.15, -0.1) is 0 Å². The summed E-state index contributed by atoms with van der Waals surface area (Å²) in [4.78, 5) is 12.9. The Kier molecular flexibility index (Phi) is 5.40. The Morgan fingerprint density at radius 2 is 1.29 bits per heavy atom. The molecule has 0 fully saturated rings. The molecule has 0 aliphatic carbocycles. The Labute approximate surface area is 167 Å². The van der Waals surface area contributed by atoms with Gasteiger partial charge in [-0.1, -0.05) is 41.9 Å². The zero-order chi connectivity index (χ0) is 19.3. The minimum Gasteiger partial charge on any atom is -0.264 e. The van der Waals surface area contributed by atoms with Crippen LogP contribution in [-0.4, -0.2) is 15.0 Å². The molecule has 5 heteroatoms. The van der Waals surface area contributed by atoms with Gasteiger partial charge in [-0.3, -0.25) is 9.97 Å². The summed E-state index contributed by atoms with van der Waals surface area (Å²) < 4.78 is 13.6. The van der Waals surface area contributed by atoms with Crippen molar-refractivity contribution in [3.05, 3.63) is 125 Å². The highest BCUT2D eigenvalue weighted by Crippen LogP contribution is 2.44. The molecule has 3 heterocycles. The Morgan fingerprint density at radius 3 is 1.82 bits per heavy atom. The maximum Gasteiger partial charge on any atom is 0.132 e. The van der Waals surface area contributed by atoms with Gasteiger partial charge in [0.1, 0.15) is 11.0 Å². The fourth-order valence-corrected chi connectivity index (χ4v) is 3.79. The molecule has 0 spiro atoms. The Hall–Kier alpha value is -3.11. The topological polar surface area (TPSA) is 38.7 Å². The van der Waals surface area contributed by atoms with E-state index in [0.717, 1.165) is 22.3 Å². The zero-order valence-electron chi connectivity index (χ0n) is 14.9. The lowest BCUT2D eigenvalue weighted by atomic mass is 9.75. The van der Waals surface area contributed by atoms with Crippen LogP contribution >= 0.6 is 11.6 Å². The molecule has 0 saturated carbocycles. The molecule has 1 atom stereocenters. The molecule has 0 aliphatic heterocycles. The number of hydrogen-bond donors (Lipinski definition) is 0. The van der Waals surface area contributed by atoms with Gasteiger partial charge in [0, 0.05) is 42.8 Å². The average molecular weight is 390 g/mol. The quantitative estimate of drug-likeness (QED) is 0.415. The molecule has 0 bridgehead atoms. The van der Waals surface area contributed by atoms with Crippen molar-refractivity contribution in [2.24, 2.45) is 0 Å². The van der Waals surface area contributed by atoms with Crippen LogP contribution in [-0.2, 0) is 0 Å². The van der Waals surface area contributed by atoms with E-state index in [-0.39, 0.29) is 17.7 Å². The van der Waals surface area contributed by atoms with Gasteiger partial charge in [-0.05, 0) is 52.6 Å². The molecule has 0 radical (unpaired) electrons. The Balaban J connectivity index is 1.96. The average Bonchev–Trinajstić information content (AvgIpc) is 2.75. The van der Waals surface area contributed by atoms with Crippen molar-refractivity contribution in [3.8, 4) is 0 Å². The summed E-state index contributed by atoms with van der Waals surface area (Å²) in [5, 5.41) is 0.426. The molecule has 3 nitrogen and oxygen atoms in total. The molecule has 4 aromatic rings. The predicted octanol–water partition coefficient (Wildman–Crippen LogP) is 5.63. The van der Waals surface area contributed by atoms with E-state index in [1.807, 2.05) is 48.8 Å². The Morgan fingerprint density at radius 1 is 0.679 bits per heavy atom. The SMILES string of the molecule is Fc1ccc(C(c2cccnc2Cl)C(c2cccnc2)c2cccnc2)cc1. The summed E-state index contributed by atoms with van der Waals surface area (Å²) in [6.07, 6.45) is 8.84. The van der Waals surface area contributed by atoms with Gasteiger partial charge in [0.15, 0.2) is 0 Å². The lowest BCUT2D eigenvalue weighted by molar-refractivity contribution is 0.623. The summed E-state index contributed by atoms with van der Waals surface area (Å²) in [7, 11) is 0. The molecule has 0 aliphatic rings. The van der Waals surface area contributed by atoms with E-state index in [1.54, 1.807) is 30.7 Å². The second-order valence-corrected chi connectivity index (χ2v) is 6.82. The minimum atomic E-state index is -0.279. The van der Waals surface area contributed by atoms with E-state index in [4.69, 9.17) is 11.6 Å². The van der Waals surface area contributed by atoms with Crippen LogP contribution in [0.15, 0.2) is 91.6 Å². The second-order valence-electron chi connectivity index (χ2n) is 6.46. The van der Waals surface area contributed by atoms with E-state index in [0.29, 0.717) is 5.15 Å². The molecule has 0 N–H and O–H groups in total. The second kappa shape index (κ2) is 8.28. The summed E-state index contributed by atoms with van der Waals surface area (Å²) in [5.41, 5.74) is 3.84. The third kappa shape index (κ3) is 3.78. The van der Waals surface area contributed by atoms with Crippen molar-refractivity contribution in [3.63, 3.8) is 0 Å². The first kappa shape index (κ1) is 18.3. The third-order valence-electron chi connectivity index (χ3n) is 4.77. The molecule has 4 rings (SSSR count). The number of hydrogen-bond acceptors (Lipinski definition) is 3. The monoisotopic (exact) mass is 389 g/mol. The van der Waals surface area contributed by atoms with E-state index < -0.39 is 0 Å². The maximum atomic E-state index is 13.6. The minimum absolute atomic E-state index is 0.116. The molecule has 0 amide bonds. The molecular weight excluding hydrogens is 373 g/mol. The fraction of sp³-hybridized carbons (Fsp3) is 0.0870. The standard InChI is InChI=1S/C23H17ClFN3/c24-23-20(6-3-13-28-23)22(16-7-9-19(25)10-8-16)21(17-4-1-11-26-14-17)18-5-2-12-27-15-18/h1-15,21-22H. The largest absolute Gasteiger partial charge is 0.264 e. The van der Waals surface area contributed by atoms with Crippen LogP contribution in [0, 0.1) is 5.82 Å². The van der Waals surface area contributed by atoms with Gasteiger partial charge in [-0.2, -0.15) is 0 Å². The Bertz CT molecular complexity index is 1000. The predicted molar refractivity (Wildman–Crippen MR) is 108 cm³/mol. The van der Waals surface area contributed by atoms with Gasteiger partial charge in [0.05, 0.1) is 0 Å². The number of pyridine rings is 3. The van der Waals surface area contributed by atoms with Gasteiger partial charge < -0.3 is 0 Å². The fourth-order valence-electron chi connectivity index (χ4n) is 3.55. The lowest BCUT2D eigenvalue weighted by Crippen LogP contribution is -2.16. The van der Waals surface area contributed by atoms with Gasteiger partial charge in [0.2, 0.25) is 0 Å². The number of halogens is 2. The molecular formula is C23H17ClFN3. The lowest BCUT2D eigenvalue weighted by Gasteiger charge is -2.29. The molecule has 138 valence electrons. The van der Waals surface area contributed by atoms with Gasteiger partial charge in [0.25, 0.3) is 0 Å². The van der Waals surface area contributed by atoms with Crippen molar-refractivity contribution in [1.82, 2.24) is 15.0 Å². The van der Waals surface area contributed by atoms with Crippen molar-refractivity contribution < 1.29 is 4.39 Å². The first-order chi connectivity index (χ1) is 13.7. The highest BCUT2D eigenvalue weighted by atomic mass is 35.5. The van der Waals surface area contributed by atoms with E-state index >= 15 is 0 Å². The number of benzene rings is 1. The van der Waals surface area contributed by atoms with Crippen LogP contribution in [0.5, 0.6) is 0 Å². The zero-order valence-corrected chi connectivity index (χ0v) is 15.7. The van der Waals surface area contributed by atoms with Crippen molar-refractivity contribution in [2.45, 2.75) is 11.8 Å². The van der Waals surface area contributed by atoms with Crippen LogP contribution in [0.1, 0.15) is 34.1 Å². The first-order valence-electron chi connectivity index (χ1n) is 8.90. The van der Waals surface area contributed by atoms with E-state index in [1.165, 1.54) is 12.1 Å². The van der Waals surface area contributed by atoms with E-state index in [9.17, 15) is 4.39 Å². The molecule has 1 unspecified atom stereocenters. The number of aromatic nitrogens is 3. The summed E-state index contributed by atoms with van der Waals surface area (Å²) in [5.74, 6) is -0.580. The van der Waals surface area contributed by atoms with Gasteiger partial charge >= 0.3 is 0 Å². The smallest absolute Gasteiger partial charge is 0.132 e. The van der Waals surface area contributed by atoms with E-state index in [2.05, 4.69) is 15.0 Å². The number of rotatable bonds is 5. The normalized spacial score (nSPS) is 12.1. The van der Waals surface area contributed by atoms with Crippen LogP contribution in [0.25, 0.3) is 0 Å². The highest BCUT2D eigenvalue weighted by Gasteiger charge is 2.30. The third-order valence-corrected chi connectivity index (χ3v) is 5.09. The molecule has 0 saturated heterocycles. The van der Waals surface area contributed by atoms with Crippen LogP contribution < -0.4 is 0 Å². The molecule has 1 aromatic carbocycles. The van der Waals surface area contributed by atoms with Gasteiger partial charge in [-0.25, -0.2) is 9.37 Å². The molecule has 28 heavy (non-hydrogen) atoms. The van der Waals surface area contributed by atoms with Crippen molar-refractivity contribution >= 4 is 11.6 Å². The van der Waals surface area contributed by atoms with Crippen molar-refractivity contribution in [2.75, 3.05) is 0 Å². The maximum absolute atomic E-state index is 13.6. The first-order valence-corrected chi connectivity index (χ1v) is 9.27. The number of nitrogens with zero attached hydrogens (tertiary/aromatic N) is 3. The summed E-state index contributed by atoms with van der Waals surface area (Å²) in [6.45, 7) is 0. The summed E-state index contributed by atoms with van der Waals surface area (Å²) >= 11 is 6.50. The van der Waals surface area contributed by atoms with Crippen LogP contribution in [0.2, 0.25) is 5.15 Å². The summed E-state index contributed by atoms with van der Waals surface area (Å²) in [6, 6.07) is 18.2. The molecule has 3 aromatic heterocycles. The van der Waals surface area contributed by atoms with Crippen molar-refractivity contribution in [1.29, 1.82) is 0 Å².